The van der Waals surface area contributed by atoms with Crippen molar-refractivity contribution in [2.75, 3.05) is 0 Å². The first-order valence-corrected chi connectivity index (χ1v) is 5.45. The lowest BCUT2D eigenvalue weighted by molar-refractivity contribution is 0.0934. The molecule has 0 saturated carbocycles. The number of amides is 1. The van der Waals surface area contributed by atoms with Crippen molar-refractivity contribution in [2.45, 2.75) is 26.8 Å². The predicted molar refractivity (Wildman–Crippen MR) is 62.7 cm³/mol. The molecule has 2 rings (SSSR count). The zero-order chi connectivity index (χ0) is 12.4. The molecule has 17 heavy (non-hydrogen) atoms. The molecule has 1 unspecified atom stereocenters. The highest BCUT2D eigenvalue weighted by molar-refractivity contribution is 5.95. The van der Waals surface area contributed by atoms with Crippen molar-refractivity contribution in [3.8, 4) is 0 Å². The summed E-state index contributed by atoms with van der Waals surface area (Å²) in [5.41, 5.74) is 1.31. The second kappa shape index (κ2) is 4.45. The second-order valence-corrected chi connectivity index (χ2v) is 4.05. The van der Waals surface area contributed by atoms with Gasteiger partial charge < -0.3 is 9.73 Å². The highest BCUT2D eigenvalue weighted by Gasteiger charge is 2.16. The Balaban J connectivity index is 2.07. The lowest BCUT2D eigenvalue weighted by Gasteiger charge is -2.10. The molecular weight excluding hydrogens is 218 g/mol. The van der Waals surface area contributed by atoms with Gasteiger partial charge in [0.05, 0.1) is 17.8 Å². The molecule has 0 aliphatic heterocycles. The molecule has 0 radical (unpaired) electrons. The first-order valence-electron chi connectivity index (χ1n) is 5.45. The minimum atomic E-state index is -0.162. The number of rotatable bonds is 3. The van der Waals surface area contributed by atoms with E-state index in [4.69, 9.17) is 4.42 Å². The van der Waals surface area contributed by atoms with Gasteiger partial charge in [-0.3, -0.25) is 9.89 Å². The fourth-order valence-corrected chi connectivity index (χ4v) is 1.61. The van der Waals surface area contributed by atoms with Crippen LogP contribution in [0.2, 0.25) is 0 Å². The van der Waals surface area contributed by atoms with Crippen molar-refractivity contribution < 1.29 is 9.21 Å². The van der Waals surface area contributed by atoms with Gasteiger partial charge in [-0.2, -0.15) is 5.10 Å². The molecule has 0 aliphatic rings. The van der Waals surface area contributed by atoms with Gasteiger partial charge in [-0.05, 0) is 32.9 Å². The molecule has 2 N–H and O–H groups in total. The molecule has 90 valence electrons. The van der Waals surface area contributed by atoms with Crippen LogP contribution in [0.15, 0.2) is 22.7 Å². The second-order valence-electron chi connectivity index (χ2n) is 4.05. The summed E-state index contributed by atoms with van der Waals surface area (Å²) in [6.07, 6.45) is 1.52. The number of H-pyrrole nitrogens is 1. The van der Waals surface area contributed by atoms with E-state index in [9.17, 15) is 4.79 Å². The molecule has 1 amide bonds. The van der Waals surface area contributed by atoms with Gasteiger partial charge in [0.2, 0.25) is 0 Å². The topological polar surface area (TPSA) is 70.9 Å². The number of aromatic nitrogens is 2. The van der Waals surface area contributed by atoms with Gasteiger partial charge in [-0.1, -0.05) is 0 Å². The Bertz CT molecular complexity index is 527. The Morgan fingerprint density at radius 3 is 2.76 bits per heavy atom. The molecule has 5 nitrogen and oxygen atoms in total. The van der Waals surface area contributed by atoms with E-state index >= 15 is 0 Å². The predicted octanol–water partition coefficient (Wildman–Crippen LogP) is 2.11. The molecule has 0 aliphatic carbocycles. The first-order chi connectivity index (χ1) is 8.08. The van der Waals surface area contributed by atoms with Gasteiger partial charge in [0.25, 0.3) is 5.91 Å². The van der Waals surface area contributed by atoms with E-state index in [-0.39, 0.29) is 11.9 Å². The largest absolute Gasteiger partial charge is 0.464 e. The van der Waals surface area contributed by atoms with E-state index < -0.39 is 0 Å². The third-order valence-electron chi connectivity index (χ3n) is 2.61. The Kier molecular flexibility index (Phi) is 2.99. The van der Waals surface area contributed by atoms with Crippen LogP contribution in [0.1, 0.15) is 40.5 Å². The number of nitrogens with zero attached hydrogens (tertiary/aromatic N) is 1. The van der Waals surface area contributed by atoms with Gasteiger partial charge in [0, 0.05) is 5.69 Å². The van der Waals surface area contributed by atoms with Crippen molar-refractivity contribution in [3.05, 3.63) is 41.1 Å². The number of carbonyl (C=O) groups excluding carboxylic acids is 1. The van der Waals surface area contributed by atoms with E-state index in [1.54, 1.807) is 0 Å². The molecule has 2 aromatic rings. The highest BCUT2D eigenvalue weighted by Crippen LogP contribution is 2.16. The van der Waals surface area contributed by atoms with E-state index in [2.05, 4.69) is 15.5 Å². The van der Waals surface area contributed by atoms with E-state index in [1.165, 1.54) is 6.20 Å². The number of nitrogens with one attached hydrogen (secondary N) is 2. The molecule has 2 heterocycles. The standard InChI is InChI=1S/C12H15N3O2/c1-7-4-5-11(17-7)9(3)14-12(16)10-6-13-15-8(10)2/h4-6,9H,1-3H3,(H,13,15)(H,14,16). The summed E-state index contributed by atoms with van der Waals surface area (Å²) in [6, 6.07) is 3.58. The van der Waals surface area contributed by atoms with Crippen molar-refractivity contribution in [1.82, 2.24) is 15.5 Å². The van der Waals surface area contributed by atoms with E-state index in [0.29, 0.717) is 5.56 Å². The molecule has 0 saturated heterocycles. The third-order valence-corrected chi connectivity index (χ3v) is 2.61. The number of aryl methyl sites for hydroxylation is 2. The number of hydrogen-bond acceptors (Lipinski definition) is 3. The van der Waals surface area contributed by atoms with Crippen molar-refractivity contribution >= 4 is 5.91 Å². The number of carbonyl (C=O) groups is 1. The molecule has 1 atom stereocenters. The van der Waals surface area contributed by atoms with Crippen molar-refractivity contribution in [1.29, 1.82) is 0 Å². The zero-order valence-electron chi connectivity index (χ0n) is 10.1. The number of hydrogen-bond donors (Lipinski definition) is 2. The molecule has 0 bridgehead atoms. The monoisotopic (exact) mass is 233 g/mol. The molecular formula is C12H15N3O2. The van der Waals surface area contributed by atoms with E-state index in [1.807, 2.05) is 32.9 Å². The fourth-order valence-electron chi connectivity index (χ4n) is 1.61. The van der Waals surface area contributed by atoms with Crippen LogP contribution in [0.4, 0.5) is 0 Å². The smallest absolute Gasteiger partial charge is 0.255 e. The fraction of sp³-hybridized carbons (Fsp3) is 0.333. The first kappa shape index (κ1) is 11.4. The Morgan fingerprint density at radius 2 is 2.24 bits per heavy atom. The van der Waals surface area contributed by atoms with Crippen molar-refractivity contribution in [2.24, 2.45) is 0 Å². The summed E-state index contributed by atoms with van der Waals surface area (Å²) >= 11 is 0. The summed E-state index contributed by atoms with van der Waals surface area (Å²) in [4.78, 5) is 11.9. The van der Waals surface area contributed by atoms with Gasteiger partial charge >= 0.3 is 0 Å². The van der Waals surface area contributed by atoms with E-state index in [0.717, 1.165) is 17.2 Å². The molecule has 2 aromatic heterocycles. The lowest BCUT2D eigenvalue weighted by Crippen LogP contribution is -2.26. The lowest BCUT2D eigenvalue weighted by atomic mass is 10.2. The molecule has 0 spiro atoms. The van der Waals surface area contributed by atoms with Crippen LogP contribution in [-0.2, 0) is 0 Å². The quantitative estimate of drug-likeness (QED) is 0.852. The van der Waals surface area contributed by atoms with Crippen LogP contribution in [0.3, 0.4) is 0 Å². The summed E-state index contributed by atoms with van der Waals surface area (Å²) in [5, 5.41) is 9.41. The van der Waals surface area contributed by atoms with Gasteiger partial charge in [0.15, 0.2) is 0 Å². The summed E-state index contributed by atoms with van der Waals surface area (Å²) in [6.45, 7) is 5.56. The minimum Gasteiger partial charge on any atom is -0.464 e. The van der Waals surface area contributed by atoms with Crippen LogP contribution in [0, 0.1) is 13.8 Å². The molecule has 0 fully saturated rings. The summed E-state index contributed by atoms with van der Waals surface area (Å²) < 4.78 is 5.46. The number of aromatic amines is 1. The van der Waals surface area contributed by atoms with Crippen LogP contribution in [-0.4, -0.2) is 16.1 Å². The average molecular weight is 233 g/mol. The third kappa shape index (κ3) is 2.38. The highest BCUT2D eigenvalue weighted by atomic mass is 16.3. The Labute approximate surface area is 99.2 Å². The maximum Gasteiger partial charge on any atom is 0.255 e. The van der Waals surface area contributed by atoms with Crippen LogP contribution in [0.25, 0.3) is 0 Å². The normalized spacial score (nSPS) is 12.4. The zero-order valence-corrected chi connectivity index (χ0v) is 10.1. The van der Waals surface area contributed by atoms with Gasteiger partial charge in [-0.25, -0.2) is 0 Å². The van der Waals surface area contributed by atoms with Gasteiger partial charge in [0.1, 0.15) is 11.5 Å². The minimum absolute atomic E-state index is 0.155. The molecule has 0 aromatic carbocycles. The average Bonchev–Trinajstić information content (AvgIpc) is 2.86. The summed E-state index contributed by atoms with van der Waals surface area (Å²) in [7, 11) is 0. The SMILES string of the molecule is Cc1ccc(C(C)NC(=O)c2cn[nH]c2C)o1. The maximum atomic E-state index is 11.9. The van der Waals surface area contributed by atoms with Crippen molar-refractivity contribution in [3.63, 3.8) is 0 Å². The van der Waals surface area contributed by atoms with Crippen LogP contribution < -0.4 is 5.32 Å². The summed E-state index contributed by atoms with van der Waals surface area (Å²) in [5.74, 6) is 1.43. The Morgan fingerprint density at radius 1 is 1.47 bits per heavy atom. The van der Waals surface area contributed by atoms with Crippen LogP contribution in [0.5, 0.6) is 0 Å². The number of furan rings is 1. The van der Waals surface area contributed by atoms with Gasteiger partial charge in [-0.15, -0.1) is 0 Å². The maximum absolute atomic E-state index is 11.9. The van der Waals surface area contributed by atoms with Crippen LogP contribution >= 0.6 is 0 Å². The molecule has 5 heteroatoms. The Hall–Kier alpha value is -2.04.